The molecule has 0 saturated carbocycles. The first-order chi connectivity index (χ1) is 34.8. The first-order valence-electron chi connectivity index (χ1n) is 24.6. The van der Waals surface area contributed by atoms with Crippen LogP contribution < -0.4 is 0 Å². The van der Waals surface area contributed by atoms with Gasteiger partial charge in [0.25, 0.3) is 0 Å². The monoisotopic (exact) mass is 956 g/mol. The zero-order valence-electron chi connectivity index (χ0n) is 40.6. The lowest BCUT2D eigenvalue weighted by Gasteiger charge is -2.47. The fraction of sp³-hybridized carbons (Fsp3) is 0.311. The third kappa shape index (κ3) is 12.5. The quantitative estimate of drug-likeness (QED) is 0.0765. The summed E-state index contributed by atoms with van der Waals surface area (Å²) in [5.41, 5.74) is 6.94. The third-order valence-electron chi connectivity index (χ3n) is 13.4. The van der Waals surface area contributed by atoms with Gasteiger partial charge in [0.05, 0.1) is 51.8 Å². The molecule has 0 spiro atoms. The van der Waals surface area contributed by atoms with Crippen molar-refractivity contribution in [2.75, 3.05) is 0 Å². The molecule has 0 aromatic heterocycles. The molecule has 10 atom stereocenters. The molecule has 2 fully saturated rings. The second-order valence-corrected chi connectivity index (χ2v) is 18.5. The van der Waals surface area contributed by atoms with E-state index in [4.69, 9.17) is 37.9 Å². The summed E-state index contributed by atoms with van der Waals surface area (Å²) in [6.07, 6.45) is -7.02. The third-order valence-corrected chi connectivity index (χ3v) is 13.4. The maximum absolute atomic E-state index is 12.3. The van der Waals surface area contributed by atoms with Crippen molar-refractivity contribution in [1.29, 1.82) is 0 Å². The van der Waals surface area contributed by atoms with Gasteiger partial charge in [-0.15, -0.1) is 0 Å². The van der Waals surface area contributed by atoms with Gasteiger partial charge in [0.2, 0.25) is 0 Å². The Morgan fingerprint density at radius 1 is 0.338 bits per heavy atom. The summed E-state index contributed by atoms with van der Waals surface area (Å²) in [5.74, 6) is -0.262. The first kappa shape index (κ1) is 49.8. The van der Waals surface area contributed by atoms with Crippen molar-refractivity contribution in [3.05, 3.63) is 238 Å². The van der Waals surface area contributed by atoms with Crippen molar-refractivity contribution in [2.24, 2.45) is 0 Å². The molecular formula is C61H64O10. The number of hydrogen-bond acceptors (Lipinski definition) is 10. The van der Waals surface area contributed by atoms with Crippen molar-refractivity contribution in [2.45, 2.75) is 121 Å². The van der Waals surface area contributed by atoms with E-state index in [0.717, 1.165) is 33.4 Å². The lowest BCUT2D eigenvalue weighted by atomic mass is 9.85. The van der Waals surface area contributed by atoms with Crippen molar-refractivity contribution in [1.82, 2.24) is 0 Å². The Morgan fingerprint density at radius 2 is 0.563 bits per heavy atom. The van der Waals surface area contributed by atoms with Gasteiger partial charge >= 0.3 is 0 Å². The van der Waals surface area contributed by atoms with Gasteiger partial charge in [-0.05, 0) is 60.2 Å². The maximum Gasteiger partial charge on any atom is 0.128 e. The topological polar surface area (TPSA) is 114 Å². The first-order valence-corrected chi connectivity index (χ1v) is 24.6. The minimum absolute atomic E-state index is 0.131. The smallest absolute Gasteiger partial charge is 0.128 e. The maximum atomic E-state index is 12.3. The fourth-order valence-electron chi connectivity index (χ4n) is 9.61. The second-order valence-electron chi connectivity index (χ2n) is 18.5. The molecule has 71 heavy (non-hydrogen) atoms. The molecule has 368 valence electrons. The van der Waals surface area contributed by atoms with Crippen molar-refractivity contribution < 1.29 is 48.1 Å². The van der Waals surface area contributed by atoms with Gasteiger partial charge < -0.3 is 48.1 Å². The lowest BCUT2D eigenvalue weighted by Crippen LogP contribution is -2.56. The summed E-state index contributed by atoms with van der Waals surface area (Å²) >= 11 is 0. The zero-order valence-corrected chi connectivity index (χ0v) is 40.6. The molecule has 2 aliphatic rings. The van der Waals surface area contributed by atoms with Gasteiger partial charge in [0.1, 0.15) is 60.3 Å². The molecule has 7 aromatic rings. The highest BCUT2D eigenvalue weighted by molar-refractivity contribution is 5.55. The summed E-state index contributed by atoms with van der Waals surface area (Å²) in [6.45, 7) is 7.26. The van der Waals surface area contributed by atoms with Crippen LogP contribution in [-0.4, -0.2) is 59.0 Å². The number of phenols is 2. The van der Waals surface area contributed by atoms with Gasteiger partial charge in [-0.3, -0.25) is 0 Å². The van der Waals surface area contributed by atoms with E-state index < -0.39 is 61.0 Å². The van der Waals surface area contributed by atoms with E-state index in [2.05, 4.69) is 0 Å². The molecule has 0 bridgehead atoms. The molecule has 2 heterocycles. The van der Waals surface area contributed by atoms with Crippen LogP contribution in [0.15, 0.2) is 188 Å². The van der Waals surface area contributed by atoms with Crippen molar-refractivity contribution >= 4 is 0 Å². The van der Waals surface area contributed by atoms with Crippen LogP contribution in [0.5, 0.6) is 11.5 Å². The molecule has 2 aliphatic heterocycles. The molecule has 0 aliphatic carbocycles. The van der Waals surface area contributed by atoms with Crippen LogP contribution in [0.3, 0.4) is 0 Å². The number of benzene rings is 7. The molecule has 0 amide bonds. The van der Waals surface area contributed by atoms with E-state index in [0.29, 0.717) is 24.3 Å². The second kappa shape index (κ2) is 24.3. The average molecular weight is 957 g/mol. The molecule has 10 heteroatoms. The predicted molar refractivity (Wildman–Crippen MR) is 271 cm³/mol. The van der Waals surface area contributed by atoms with Crippen LogP contribution in [0.25, 0.3) is 0 Å². The molecule has 2 saturated heterocycles. The number of hydrogen-bond donors (Lipinski definition) is 2. The summed E-state index contributed by atoms with van der Waals surface area (Å²) < 4.78 is 55.4. The average Bonchev–Trinajstić information content (AvgIpc) is 3.41. The molecule has 10 nitrogen and oxygen atoms in total. The van der Waals surface area contributed by atoms with E-state index in [1.165, 1.54) is 0 Å². The Hall–Kier alpha value is -6.18. The van der Waals surface area contributed by atoms with E-state index in [-0.39, 0.29) is 43.5 Å². The number of ether oxygens (including phenoxy) is 8. The Balaban J connectivity index is 1.12. The number of aromatic hydroxyl groups is 2. The molecule has 7 aromatic carbocycles. The fourth-order valence-corrected chi connectivity index (χ4v) is 9.61. The molecule has 9 rings (SSSR count). The van der Waals surface area contributed by atoms with Crippen molar-refractivity contribution in [3.63, 3.8) is 0 Å². The highest BCUT2D eigenvalue weighted by atomic mass is 16.6. The Kier molecular flexibility index (Phi) is 17.0. The van der Waals surface area contributed by atoms with Crippen LogP contribution in [0.1, 0.15) is 76.1 Å². The van der Waals surface area contributed by atoms with Gasteiger partial charge in [-0.25, -0.2) is 0 Å². The van der Waals surface area contributed by atoms with E-state index >= 15 is 0 Å². The highest BCUT2D eigenvalue weighted by Gasteiger charge is 2.51. The van der Waals surface area contributed by atoms with Crippen LogP contribution in [0, 0.1) is 6.92 Å². The van der Waals surface area contributed by atoms with Gasteiger partial charge in [0, 0.05) is 16.7 Å². The van der Waals surface area contributed by atoms with Crippen LogP contribution in [0.2, 0.25) is 0 Å². The molecule has 0 radical (unpaired) electrons. The van der Waals surface area contributed by atoms with Crippen LogP contribution in [0.4, 0.5) is 0 Å². The SMILES string of the molecule is Cc1c(O)c([C@H]2O[C@@H](C)[C@H](OCc3ccccc3)[C@@H](OCc3ccccc3)[C@H]2OCc2ccccc2)cc([C@H]2O[C@@H](C)[C@H](OCc3ccccc3)[C@@H](OCc3ccccc3)[C@H]2OCc2ccccc2)c1O. The predicted octanol–water partition coefficient (Wildman–Crippen LogP) is 11.8. The molecule has 2 N–H and O–H groups in total. The minimum atomic E-state index is -0.902. The summed E-state index contributed by atoms with van der Waals surface area (Å²) in [6, 6.07) is 61.7. The van der Waals surface area contributed by atoms with E-state index in [1.54, 1.807) is 13.0 Å². The van der Waals surface area contributed by atoms with Crippen molar-refractivity contribution in [3.8, 4) is 11.5 Å². The molecular weight excluding hydrogens is 893 g/mol. The minimum Gasteiger partial charge on any atom is -0.507 e. The normalized spacial score (nSPS) is 24.4. The number of phenolic OH excluding ortho intramolecular Hbond substituents is 2. The zero-order chi connectivity index (χ0) is 48.9. The van der Waals surface area contributed by atoms with Crippen LogP contribution in [-0.2, 0) is 77.5 Å². The van der Waals surface area contributed by atoms with Gasteiger partial charge in [0.15, 0.2) is 0 Å². The highest BCUT2D eigenvalue weighted by Crippen LogP contribution is 2.49. The van der Waals surface area contributed by atoms with Crippen LogP contribution >= 0.6 is 0 Å². The lowest BCUT2D eigenvalue weighted by molar-refractivity contribution is -0.265. The Morgan fingerprint density at radius 3 is 0.817 bits per heavy atom. The van der Waals surface area contributed by atoms with Gasteiger partial charge in [-0.2, -0.15) is 0 Å². The summed E-state index contributed by atoms with van der Waals surface area (Å²) in [7, 11) is 0. The Labute approximate surface area is 417 Å². The summed E-state index contributed by atoms with van der Waals surface area (Å²) in [4.78, 5) is 0. The largest absolute Gasteiger partial charge is 0.507 e. The molecule has 0 unspecified atom stereocenters. The van der Waals surface area contributed by atoms with E-state index in [1.807, 2.05) is 196 Å². The summed E-state index contributed by atoms with van der Waals surface area (Å²) in [5, 5.41) is 24.6. The van der Waals surface area contributed by atoms with Gasteiger partial charge in [-0.1, -0.05) is 182 Å². The standard InChI is InChI=1S/C61H64O10/c1-41-52(62)50(56-60(68-39-48-30-18-8-19-31-48)58(66-37-46-26-14-6-15-27-46)54(42(2)70-56)64-35-44-22-10-4-11-23-44)34-51(53(41)63)57-61(69-40-49-32-20-9-21-33-49)59(67-38-47-28-16-7-17-29-47)55(43(3)71-57)65-36-45-24-12-5-13-25-45/h4-34,42-43,54-63H,35-40H2,1-3H3/t42-,43-,54-,55-,56+,57+,58+,59+,60-,61-/m0/s1. The number of rotatable bonds is 20. The Bertz CT molecular complexity index is 2490. The van der Waals surface area contributed by atoms with E-state index in [9.17, 15) is 10.2 Å².